The van der Waals surface area contributed by atoms with Crippen LogP contribution in [0.3, 0.4) is 0 Å². The van der Waals surface area contributed by atoms with Crippen LogP contribution in [0.1, 0.15) is 25.5 Å². The number of benzene rings is 1. The molecule has 0 saturated carbocycles. The Morgan fingerprint density at radius 3 is 2.60 bits per heavy atom. The third kappa shape index (κ3) is 3.50. The van der Waals surface area contributed by atoms with Crippen LogP contribution in [0.15, 0.2) is 29.8 Å². The minimum atomic E-state index is -0.110. The van der Waals surface area contributed by atoms with E-state index in [4.69, 9.17) is 29.0 Å². The fourth-order valence-corrected chi connectivity index (χ4v) is 1.73. The second kappa shape index (κ2) is 5.52. The third-order valence-corrected chi connectivity index (χ3v) is 2.55. The molecule has 82 valence electrons. The summed E-state index contributed by atoms with van der Waals surface area (Å²) < 4.78 is 0. The van der Waals surface area contributed by atoms with E-state index in [1.165, 1.54) is 0 Å². The van der Waals surface area contributed by atoms with Crippen molar-refractivity contribution in [1.82, 2.24) is 5.43 Å². The summed E-state index contributed by atoms with van der Waals surface area (Å²) in [6.45, 7) is 4.01. The number of hydrogen-bond acceptors (Lipinski definition) is 2. The smallest absolute Gasteiger partial charge is 0.0658 e. The maximum atomic E-state index is 6.07. The molecule has 1 rings (SSSR count). The number of halogens is 2. The van der Waals surface area contributed by atoms with Crippen LogP contribution in [0, 0.1) is 0 Å². The SMILES string of the molecule is CC(C)=CC(NN)c1cc(Cl)ccc1Cl. The Kier molecular flexibility index (Phi) is 4.61. The van der Waals surface area contributed by atoms with Gasteiger partial charge in [-0.1, -0.05) is 34.9 Å². The van der Waals surface area contributed by atoms with E-state index in [1.54, 1.807) is 12.1 Å². The average molecular weight is 245 g/mol. The molecule has 0 aliphatic rings. The highest BCUT2D eigenvalue weighted by atomic mass is 35.5. The predicted octanol–water partition coefficient (Wildman–Crippen LogP) is 3.46. The maximum Gasteiger partial charge on any atom is 0.0658 e. The number of nitrogens with two attached hydrogens (primary N) is 1. The molecule has 0 spiro atoms. The van der Waals surface area contributed by atoms with E-state index in [1.807, 2.05) is 26.0 Å². The largest absolute Gasteiger partial charge is 0.271 e. The summed E-state index contributed by atoms with van der Waals surface area (Å²) in [6.07, 6.45) is 2.00. The first kappa shape index (κ1) is 12.5. The molecule has 1 unspecified atom stereocenters. The zero-order valence-electron chi connectivity index (χ0n) is 8.72. The molecule has 1 aromatic carbocycles. The highest BCUT2D eigenvalue weighted by Crippen LogP contribution is 2.27. The number of allylic oxidation sites excluding steroid dienone is 1. The summed E-state index contributed by atoms with van der Waals surface area (Å²) in [6, 6.07) is 5.22. The van der Waals surface area contributed by atoms with Crippen molar-refractivity contribution in [2.24, 2.45) is 5.84 Å². The van der Waals surface area contributed by atoms with Crippen LogP contribution in [0.4, 0.5) is 0 Å². The Morgan fingerprint density at radius 2 is 2.07 bits per heavy atom. The lowest BCUT2D eigenvalue weighted by atomic mass is 10.1. The number of hydrazine groups is 1. The molecule has 0 radical (unpaired) electrons. The van der Waals surface area contributed by atoms with Gasteiger partial charge in [0.25, 0.3) is 0 Å². The molecule has 0 fully saturated rings. The van der Waals surface area contributed by atoms with E-state index in [2.05, 4.69) is 5.43 Å². The minimum absolute atomic E-state index is 0.110. The average Bonchev–Trinajstić information content (AvgIpc) is 2.18. The van der Waals surface area contributed by atoms with Gasteiger partial charge in [-0.05, 0) is 37.6 Å². The Morgan fingerprint density at radius 1 is 1.40 bits per heavy atom. The molecule has 0 bridgehead atoms. The van der Waals surface area contributed by atoms with Gasteiger partial charge in [0.1, 0.15) is 0 Å². The van der Waals surface area contributed by atoms with Gasteiger partial charge in [-0.15, -0.1) is 0 Å². The molecule has 3 N–H and O–H groups in total. The van der Waals surface area contributed by atoms with Gasteiger partial charge in [0, 0.05) is 10.0 Å². The van der Waals surface area contributed by atoms with Gasteiger partial charge in [0.05, 0.1) is 6.04 Å². The van der Waals surface area contributed by atoms with Crippen molar-refractivity contribution >= 4 is 23.2 Å². The van der Waals surface area contributed by atoms with Gasteiger partial charge in [0.2, 0.25) is 0 Å². The maximum absolute atomic E-state index is 6.07. The second-order valence-electron chi connectivity index (χ2n) is 3.55. The summed E-state index contributed by atoms with van der Waals surface area (Å²) in [5, 5.41) is 1.30. The zero-order chi connectivity index (χ0) is 11.4. The van der Waals surface area contributed by atoms with E-state index in [9.17, 15) is 0 Å². The van der Waals surface area contributed by atoms with Gasteiger partial charge in [-0.2, -0.15) is 0 Å². The molecule has 1 aromatic rings. The van der Waals surface area contributed by atoms with E-state index >= 15 is 0 Å². The van der Waals surface area contributed by atoms with Gasteiger partial charge >= 0.3 is 0 Å². The summed E-state index contributed by atoms with van der Waals surface area (Å²) in [5.74, 6) is 5.48. The van der Waals surface area contributed by atoms with Crippen LogP contribution in [0.2, 0.25) is 10.0 Å². The monoisotopic (exact) mass is 244 g/mol. The Balaban J connectivity index is 3.11. The second-order valence-corrected chi connectivity index (χ2v) is 4.40. The van der Waals surface area contributed by atoms with Gasteiger partial charge in [-0.25, -0.2) is 5.43 Å². The lowest BCUT2D eigenvalue weighted by Gasteiger charge is -2.14. The molecule has 2 nitrogen and oxygen atoms in total. The predicted molar refractivity (Wildman–Crippen MR) is 66.0 cm³/mol. The Labute approximate surface area is 100 Å². The Hall–Kier alpha value is -0.540. The van der Waals surface area contributed by atoms with Crippen LogP contribution in [-0.4, -0.2) is 0 Å². The molecular weight excluding hydrogens is 231 g/mol. The molecule has 4 heteroatoms. The highest BCUT2D eigenvalue weighted by Gasteiger charge is 2.10. The quantitative estimate of drug-likeness (QED) is 0.486. The van der Waals surface area contributed by atoms with Gasteiger partial charge in [0.15, 0.2) is 0 Å². The Bertz CT molecular complexity index is 371. The van der Waals surface area contributed by atoms with E-state index in [-0.39, 0.29) is 6.04 Å². The summed E-state index contributed by atoms with van der Waals surface area (Å²) in [5.41, 5.74) is 4.74. The standard InChI is InChI=1S/C11H14Cl2N2/c1-7(2)5-11(15-14)9-6-8(12)3-4-10(9)13/h3-6,11,15H,14H2,1-2H3. The molecule has 0 saturated heterocycles. The van der Waals surface area contributed by atoms with Crippen molar-refractivity contribution in [3.63, 3.8) is 0 Å². The molecule has 0 aliphatic carbocycles. The van der Waals surface area contributed by atoms with Crippen LogP contribution >= 0.6 is 23.2 Å². The molecule has 0 heterocycles. The lowest BCUT2D eigenvalue weighted by Crippen LogP contribution is -2.27. The summed E-state index contributed by atoms with van der Waals surface area (Å²) >= 11 is 12.0. The number of nitrogens with one attached hydrogen (secondary N) is 1. The van der Waals surface area contributed by atoms with Crippen molar-refractivity contribution in [1.29, 1.82) is 0 Å². The highest BCUT2D eigenvalue weighted by molar-refractivity contribution is 6.33. The fraction of sp³-hybridized carbons (Fsp3) is 0.273. The van der Waals surface area contributed by atoms with Crippen molar-refractivity contribution < 1.29 is 0 Å². The first-order valence-corrected chi connectivity index (χ1v) is 5.36. The zero-order valence-corrected chi connectivity index (χ0v) is 10.2. The first-order chi connectivity index (χ1) is 7.04. The van der Waals surface area contributed by atoms with E-state index in [0.29, 0.717) is 10.0 Å². The lowest BCUT2D eigenvalue weighted by molar-refractivity contribution is 0.652. The molecule has 0 amide bonds. The minimum Gasteiger partial charge on any atom is -0.271 e. The number of hydrogen-bond donors (Lipinski definition) is 2. The van der Waals surface area contributed by atoms with Gasteiger partial charge in [-0.3, -0.25) is 5.84 Å². The van der Waals surface area contributed by atoms with Crippen LogP contribution in [0.25, 0.3) is 0 Å². The van der Waals surface area contributed by atoms with Crippen LogP contribution in [0.5, 0.6) is 0 Å². The van der Waals surface area contributed by atoms with Gasteiger partial charge < -0.3 is 0 Å². The first-order valence-electron chi connectivity index (χ1n) is 4.60. The molecule has 15 heavy (non-hydrogen) atoms. The summed E-state index contributed by atoms with van der Waals surface area (Å²) in [4.78, 5) is 0. The molecule has 0 aliphatic heterocycles. The van der Waals surface area contributed by atoms with Crippen molar-refractivity contribution in [3.05, 3.63) is 45.5 Å². The third-order valence-electron chi connectivity index (χ3n) is 1.97. The van der Waals surface area contributed by atoms with Crippen molar-refractivity contribution in [2.75, 3.05) is 0 Å². The van der Waals surface area contributed by atoms with Crippen molar-refractivity contribution in [3.8, 4) is 0 Å². The topological polar surface area (TPSA) is 38.0 Å². The van der Waals surface area contributed by atoms with Crippen LogP contribution < -0.4 is 11.3 Å². The van der Waals surface area contributed by atoms with Crippen molar-refractivity contribution in [2.45, 2.75) is 19.9 Å². The molecule has 1 atom stereocenters. The van der Waals surface area contributed by atoms with Crippen LogP contribution in [-0.2, 0) is 0 Å². The number of rotatable bonds is 3. The fourth-order valence-electron chi connectivity index (χ4n) is 1.31. The molecule has 0 aromatic heterocycles. The molecular formula is C11H14Cl2N2. The summed E-state index contributed by atoms with van der Waals surface area (Å²) in [7, 11) is 0. The normalized spacial score (nSPS) is 12.3. The van der Waals surface area contributed by atoms with E-state index in [0.717, 1.165) is 11.1 Å². The van der Waals surface area contributed by atoms with E-state index < -0.39 is 0 Å².